The van der Waals surface area contributed by atoms with Crippen LogP contribution in [0.1, 0.15) is 30.1 Å². The number of likely N-dealkylation sites (tertiary alicyclic amines) is 1. The molecule has 2 amide bonds. The third-order valence-electron chi connectivity index (χ3n) is 4.85. The van der Waals surface area contributed by atoms with E-state index in [2.05, 4.69) is 10.3 Å². The fourth-order valence-corrected chi connectivity index (χ4v) is 3.19. The standard InChI is InChI=1S/C21H26N4O3/c1-3-28-21(27)25-13-11-17(12-14-25)23-20(26)16-9-10-19(22-15-16)24(2)18-7-5-4-6-8-18/h4-10,15,17H,3,11-14H2,1-2H3,(H,23,26). The van der Waals surface area contributed by atoms with Gasteiger partial charge in [-0.05, 0) is 44.0 Å². The third-order valence-corrected chi connectivity index (χ3v) is 4.85. The van der Waals surface area contributed by atoms with Gasteiger partial charge in [-0.1, -0.05) is 18.2 Å². The number of carbonyl (C=O) groups excluding carboxylic acids is 2. The molecule has 1 aromatic carbocycles. The van der Waals surface area contributed by atoms with Gasteiger partial charge in [0.05, 0.1) is 12.2 Å². The highest BCUT2D eigenvalue weighted by atomic mass is 16.6. The minimum absolute atomic E-state index is 0.0462. The summed E-state index contributed by atoms with van der Waals surface area (Å²) in [7, 11) is 1.94. The van der Waals surface area contributed by atoms with E-state index in [1.807, 2.05) is 48.3 Å². The van der Waals surface area contributed by atoms with Gasteiger partial charge < -0.3 is 19.9 Å². The molecule has 1 N–H and O–H groups in total. The van der Waals surface area contributed by atoms with E-state index in [0.29, 0.717) is 38.1 Å². The largest absolute Gasteiger partial charge is 0.450 e. The van der Waals surface area contributed by atoms with E-state index < -0.39 is 0 Å². The number of ether oxygens (including phenoxy) is 1. The molecule has 0 radical (unpaired) electrons. The lowest BCUT2D eigenvalue weighted by atomic mass is 10.0. The fraction of sp³-hybridized carbons (Fsp3) is 0.381. The zero-order chi connectivity index (χ0) is 19.9. The number of hydrogen-bond donors (Lipinski definition) is 1. The molecular formula is C21H26N4O3. The van der Waals surface area contributed by atoms with Gasteiger partial charge in [0.25, 0.3) is 5.91 Å². The number of benzene rings is 1. The Kier molecular flexibility index (Phi) is 6.47. The lowest BCUT2D eigenvalue weighted by molar-refractivity contribution is 0.0860. The average Bonchev–Trinajstić information content (AvgIpc) is 2.74. The first kappa shape index (κ1) is 19.7. The first-order valence-electron chi connectivity index (χ1n) is 9.56. The van der Waals surface area contributed by atoms with Gasteiger partial charge in [0.2, 0.25) is 0 Å². The molecule has 0 aliphatic carbocycles. The number of aromatic nitrogens is 1. The Morgan fingerprint density at radius 1 is 1.18 bits per heavy atom. The highest BCUT2D eigenvalue weighted by Crippen LogP contribution is 2.21. The summed E-state index contributed by atoms with van der Waals surface area (Å²) in [5.74, 6) is 0.626. The molecule has 0 saturated carbocycles. The van der Waals surface area contributed by atoms with Crippen LogP contribution in [0.3, 0.4) is 0 Å². The summed E-state index contributed by atoms with van der Waals surface area (Å²) >= 11 is 0. The highest BCUT2D eigenvalue weighted by Gasteiger charge is 2.24. The van der Waals surface area contributed by atoms with Crippen LogP contribution in [0.15, 0.2) is 48.7 Å². The van der Waals surface area contributed by atoms with Crippen LogP contribution in [0.4, 0.5) is 16.3 Å². The van der Waals surface area contributed by atoms with Gasteiger partial charge in [-0.3, -0.25) is 4.79 Å². The van der Waals surface area contributed by atoms with Crippen molar-refractivity contribution in [3.05, 3.63) is 54.2 Å². The molecule has 1 aromatic heterocycles. The van der Waals surface area contributed by atoms with Gasteiger partial charge in [0, 0.05) is 38.1 Å². The number of nitrogens with one attached hydrogen (secondary N) is 1. The van der Waals surface area contributed by atoms with Crippen LogP contribution in [0.25, 0.3) is 0 Å². The predicted octanol–water partition coefficient (Wildman–Crippen LogP) is 3.20. The van der Waals surface area contributed by atoms with E-state index in [9.17, 15) is 9.59 Å². The van der Waals surface area contributed by atoms with Gasteiger partial charge in [-0.2, -0.15) is 0 Å². The smallest absolute Gasteiger partial charge is 0.409 e. The molecule has 148 valence electrons. The maximum absolute atomic E-state index is 12.5. The predicted molar refractivity (Wildman–Crippen MR) is 108 cm³/mol. The van der Waals surface area contributed by atoms with Crippen molar-refractivity contribution in [1.82, 2.24) is 15.2 Å². The van der Waals surface area contributed by atoms with Gasteiger partial charge in [-0.15, -0.1) is 0 Å². The van der Waals surface area contributed by atoms with E-state index in [1.165, 1.54) is 0 Å². The monoisotopic (exact) mass is 382 g/mol. The summed E-state index contributed by atoms with van der Waals surface area (Å²) < 4.78 is 5.02. The molecule has 2 aromatic rings. The van der Waals surface area contributed by atoms with E-state index in [-0.39, 0.29) is 18.0 Å². The quantitative estimate of drug-likeness (QED) is 0.860. The molecular weight excluding hydrogens is 356 g/mol. The van der Waals surface area contributed by atoms with Crippen molar-refractivity contribution in [3.8, 4) is 0 Å². The summed E-state index contributed by atoms with van der Waals surface area (Å²) in [6, 6.07) is 13.6. The number of rotatable bonds is 5. The first-order chi connectivity index (χ1) is 13.6. The van der Waals surface area contributed by atoms with Crippen molar-refractivity contribution in [2.45, 2.75) is 25.8 Å². The maximum Gasteiger partial charge on any atom is 0.409 e. The zero-order valence-corrected chi connectivity index (χ0v) is 16.3. The van der Waals surface area contributed by atoms with Crippen molar-refractivity contribution in [1.29, 1.82) is 0 Å². The Balaban J connectivity index is 1.53. The molecule has 2 heterocycles. The van der Waals surface area contributed by atoms with Gasteiger partial charge in [0.15, 0.2) is 0 Å². The molecule has 3 rings (SSSR count). The van der Waals surface area contributed by atoms with Gasteiger partial charge >= 0.3 is 6.09 Å². The Morgan fingerprint density at radius 3 is 2.50 bits per heavy atom. The first-order valence-corrected chi connectivity index (χ1v) is 9.56. The lowest BCUT2D eigenvalue weighted by Gasteiger charge is -2.31. The summed E-state index contributed by atoms with van der Waals surface area (Å²) in [5, 5.41) is 3.04. The number of nitrogens with zero attached hydrogens (tertiary/aromatic N) is 3. The molecule has 7 heteroatoms. The van der Waals surface area contributed by atoms with Crippen molar-refractivity contribution in [3.63, 3.8) is 0 Å². The number of amides is 2. The Morgan fingerprint density at radius 2 is 1.89 bits per heavy atom. The molecule has 1 aliphatic rings. The minimum Gasteiger partial charge on any atom is -0.450 e. The highest BCUT2D eigenvalue weighted by molar-refractivity contribution is 5.94. The Bertz CT molecular complexity index is 787. The molecule has 1 aliphatic heterocycles. The molecule has 0 spiro atoms. The van der Waals surface area contributed by atoms with E-state index >= 15 is 0 Å². The van der Waals surface area contributed by atoms with Crippen LogP contribution in [-0.2, 0) is 4.74 Å². The molecule has 0 atom stereocenters. The number of para-hydroxylation sites is 1. The van der Waals surface area contributed by atoms with Crippen LogP contribution in [0.5, 0.6) is 0 Å². The SMILES string of the molecule is CCOC(=O)N1CCC(NC(=O)c2ccc(N(C)c3ccccc3)nc2)CC1. The van der Waals surface area contributed by atoms with Crippen molar-refractivity contribution >= 4 is 23.5 Å². The number of carbonyl (C=O) groups is 2. The average molecular weight is 382 g/mol. The van der Waals surface area contributed by atoms with Crippen molar-refractivity contribution < 1.29 is 14.3 Å². The molecule has 0 unspecified atom stereocenters. The number of piperidine rings is 1. The zero-order valence-electron chi connectivity index (χ0n) is 16.3. The number of pyridine rings is 1. The number of anilines is 2. The number of hydrogen-bond acceptors (Lipinski definition) is 5. The van der Waals surface area contributed by atoms with E-state index in [1.54, 1.807) is 24.1 Å². The van der Waals surface area contributed by atoms with E-state index in [4.69, 9.17) is 4.74 Å². The molecule has 1 fully saturated rings. The minimum atomic E-state index is -0.283. The fourth-order valence-electron chi connectivity index (χ4n) is 3.19. The summed E-state index contributed by atoms with van der Waals surface area (Å²) in [4.78, 5) is 32.3. The summed E-state index contributed by atoms with van der Waals surface area (Å²) in [6.45, 7) is 3.34. The molecule has 1 saturated heterocycles. The summed E-state index contributed by atoms with van der Waals surface area (Å²) in [6.07, 6.45) is 2.74. The molecule has 28 heavy (non-hydrogen) atoms. The normalized spacial score (nSPS) is 14.4. The lowest BCUT2D eigenvalue weighted by Crippen LogP contribution is -2.46. The topological polar surface area (TPSA) is 74.8 Å². The summed E-state index contributed by atoms with van der Waals surface area (Å²) in [5.41, 5.74) is 1.55. The van der Waals surface area contributed by atoms with Crippen LogP contribution < -0.4 is 10.2 Å². The maximum atomic E-state index is 12.5. The Hall–Kier alpha value is -3.09. The van der Waals surface area contributed by atoms with Gasteiger partial charge in [0.1, 0.15) is 5.82 Å². The van der Waals surface area contributed by atoms with Gasteiger partial charge in [-0.25, -0.2) is 9.78 Å². The molecule has 0 bridgehead atoms. The third kappa shape index (κ3) is 4.79. The Labute approximate surface area is 165 Å². The van der Waals surface area contributed by atoms with Crippen molar-refractivity contribution in [2.75, 3.05) is 31.6 Å². The second-order valence-corrected chi connectivity index (χ2v) is 6.73. The van der Waals surface area contributed by atoms with Crippen LogP contribution >= 0.6 is 0 Å². The van der Waals surface area contributed by atoms with E-state index in [0.717, 1.165) is 11.5 Å². The van der Waals surface area contributed by atoms with Crippen LogP contribution in [0.2, 0.25) is 0 Å². The van der Waals surface area contributed by atoms with Crippen LogP contribution in [0, 0.1) is 0 Å². The van der Waals surface area contributed by atoms with Crippen LogP contribution in [-0.4, -0.2) is 54.7 Å². The second kappa shape index (κ2) is 9.21. The molecule has 7 nitrogen and oxygen atoms in total. The second-order valence-electron chi connectivity index (χ2n) is 6.73. The van der Waals surface area contributed by atoms with Crippen molar-refractivity contribution in [2.24, 2.45) is 0 Å².